The van der Waals surface area contributed by atoms with Crippen LogP contribution in [0.25, 0.3) is 0 Å². The van der Waals surface area contributed by atoms with Gasteiger partial charge >= 0.3 is 0 Å². The van der Waals surface area contributed by atoms with Gasteiger partial charge in [-0.25, -0.2) is 8.42 Å². The molecular weight excluding hydrogens is 400 g/mol. The van der Waals surface area contributed by atoms with Gasteiger partial charge in [0.1, 0.15) is 0 Å². The van der Waals surface area contributed by atoms with Gasteiger partial charge in [-0.3, -0.25) is 9.52 Å². The molecule has 4 rings (SSSR count). The summed E-state index contributed by atoms with van der Waals surface area (Å²) in [5.41, 5.74) is 4.66. The minimum absolute atomic E-state index is 0.194. The number of carbonyl (C=O) groups excluding carboxylic acids is 1. The zero-order chi connectivity index (χ0) is 21.5. The zero-order valence-corrected chi connectivity index (χ0v) is 18.0. The van der Waals surface area contributed by atoms with E-state index in [-0.39, 0.29) is 11.7 Å². The summed E-state index contributed by atoms with van der Waals surface area (Å²) >= 11 is 0. The number of rotatable bonds is 4. The minimum atomic E-state index is -3.73. The molecule has 1 N–H and O–H groups in total. The molecule has 6 nitrogen and oxygen atoms in total. The van der Waals surface area contributed by atoms with Gasteiger partial charge in [-0.05, 0) is 80.6 Å². The lowest BCUT2D eigenvalue weighted by atomic mass is 10.0. The maximum Gasteiger partial charge on any atom is 0.293 e. The molecule has 0 bridgehead atoms. The van der Waals surface area contributed by atoms with Crippen LogP contribution >= 0.6 is 0 Å². The number of benzene rings is 2. The molecule has 1 aliphatic heterocycles. The summed E-state index contributed by atoms with van der Waals surface area (Å²) in [5, 5.41) is 0. The lowest BCUT2D eigenvalue weighted by molar-refractivity contribution is 0.0958. The van der Waals surface area contributed by atoms with Gasteiger partial charge in [0, 0.05) is 17.9 Å². The van der Waals surface area contributed by atoms with Crippen LogP contribution in [0.15, 0.2) is 58.0 Å². The van der Waals surface area contributed by atoms with Crippen LogP contribution in [-0.4, -0.2) is 20.9 Å². The van der Waals surface area contributed by atoms with Crippen LogP contribution in [-0.2, 0) is 16.4 Å². The van der Waals surface area contributed by atoms with Crippen LogP contribution in [0.5, 0.6) is 0 Å². The summed E-state index contributed by atoms with van der Waals surface area (Å²) in [7, 11) is -3.73. The maximum absolute atomic E-state index is 13.1. The van der Waals surface area contributed by atoms with Crippen LogP contribution in [0.4, 0.5) is 11.4 Å². The first-order valence-corrected chi connectivity index (χ1v) is 11.3. The Labute approximate surface area is 176 Å². The van der Waals surface area contributed by atoms with Crippen molar-refractivity contribution in [3.63, 3.8) is 0 Å². The first kappa shape index (κ1) is 20.2. The van der Waals surface area contributed by atoms with Gasteiger partial charge in [0.15, 0.2) is 5.76 Å². The van der Waals surface area contributed by atoms with E-state index < -0.39 is 10.0 Å². The maximum atomic E-state index is 13.1. The molecule has 2 aromatic carbocycles. The first-order chi connectivity index (χ1) is 14.3. The molecule has 0 aliphatic carbocycles. The van der Waals surface area contributed by atoms with Gasteiger partial charge in [0.25, 0.3) is 15.9 Å². The Hall–Kier alpha value is -3.06. The standard InChI is InChI=1S/C23H24N2O4S/c1-15-12-16(2)22(17(3)13-15)30(27,28)24-19-8-9-20-18(14-19)6-4-10-25(20)23(26)21-7-5-11-29-21/h5,7-9,11-14,24H,4,6,10H2,1-3H3. The topological polar surface area (TPSA) is 79.6 Å². The number of anilines is 2. The SMILES string of the molecule is Cc1cc(C)c(S(=O)(=O)Nc2ccc3c(c2)CCCN3C(=O)c2ccco2)c(C)c1. The number of sulfonamides is 1. The van der Waals surface area contributed by atoms with E-state index in [9.17, 15) is 13.2 Å². The summed E-state index contributed by atoms with van der Waals surface area (Å²) in [6.45, 7) is 6.15. The van der Waals surface area contributed by atoms with Crippen molar-refractivity contribution in [3.05, 3.63) is 76.7 Å². The van der Waals surface area contributed by atoms with Gasteiger partial charge in [-0.2, -0.15) is 0 Å². The molecule has 30 heavy (non-hydrogen) atoms. The number of hydrogen-bond acceptors (Lipinski definition) is 4. The lowest BCUT2D eigenvalue weighted by Gasteiger charge is -2.29. The van der Waals surface area contributed by atoms with E-state index in [0.717, 1.165) is 29.7 Å². The van der Waals surface area contributed by atoms with Crippen LogP contribution in [0, 0.1) is 20.8 Å². The fourth-order valence-electron chi connectivity index (χ4n) is 4.20. The average molecular weight is 425 g/mol. The number of aryl methyl sites for hydroxylation is 4. The molecule has 1 aliphatic rings. The van der Waals surface area contributed by atoms with Crippen molar-refractivity contribution in [1.82, 2.24) is 0 Å². The van der Waals surface area contributed by atoms with E-state index in [0.29, 0.717) is 28.3 Å². The Kier molecular flexibility index (Phi) is 5.15. The number of fused-ring (bicyclic) bond motifs is 1. The fourth-order valence-corrected chi connectivity index (χ4v) is 5.71. The summed E-state index contributed by atoms with van der Waals surface area (Å²) < 4.78 is 34.1. The van der Waals surface area contributed by atoms with Gasteiger partial charge in [0.2, 0.25) is 0 Å². The third-order valence-corrected chi connectivity index (χ3v) is 6.99. The van der Waals surface area contributed by atoms with E-state index in [1.807, 2.05) is 25.1 Å². The van der Waals surface area contributed by atoms with E-state index >= 15 is 0 Å². The van der Waals surface area contributed by atoms with E-state index in [1.54, 1.807) is 43.0 Å². The summed E-state index contributed by atoms with van der Waals surface area (Å²) in [5.74, 6) is 0.0955. The molecular formula is C23H24N2O4S. The van der Waals surface area contributed by atoms with Gasteiger partial charge in [-0.1, -0.05) is 17.7 Å². The molecule has 1 aromatic heterocycles. The highest BCUT2D eigenvalue weighted by Crippen LogP contribution is 2.32. The summed E-state index contributed by atoms with van der Waals surface area (Å²) in [6, 6.07) is 12.4. The molecule has 0 saturated heterocycles. The van der Waals surface area contributed by atoms with Crippen molar-refractivity contribution in [3.8, 4) is 0 Å². The average Bonchev–Trinajstić information content (AvgIpc) is 3.20. The van der Waals surface area contributed by atoms with Crippen molar-refractivity contribution >= 4 is 27.3 Å². The molecule has 0 saturated carbocycles. The third-order valence-electron chi connectivity index (χ3n) is 5.30. The second-order valence-corrected chi connectivity index (χ2v) is 9.33. The molecule has 0 spiro atoms. The van der Waals surface area contributed by atoms with E-state index in [2.05, 4.69) is 4.72 Å². The Bertz CT molecular complexity index is 1190. The number of amides is 1. The van der Waals surface area contributed by atoms with Crippen molar-refractivity contribution in [2.24, 2.45) is 0 Å². The predicted molar refractivity (Wildman–Crippen MR) is 117 cm³/mol. The molecule has 3 aromatic rings. The second kappa shape index (κ2) is 7.65. The fraction of sp³-hybridized carbons (Fsp3) is 0.261. The van der Waals surface area contributed by atoms with Gasteiger partial charge in [0.05, 0.1) is 11.2 Å². The highest BCUT2D eigenvalue weighted by molar-refractivity contribution is 7.92. The quantitative estimate of drug-likeness (QED) is 0.664. The molecule has 0 unspecified atom stereocenters. The molecule has 0 radical (unpaired) electrons. The van der Waals surface area contributed by atoms with E-state index in [1.165, 1.54) is 6.26 Å². The van der Waals surface area contributed by atoms with Crippen molar-refractivity contribution < 1.29 is 17.6 Å². The molecule has 1 amide bonds. The number of carbonyl (C=O) groups is 1. The highest BCUT2D eigenvalue weighted by atomic mass is 32.2. The summed E-state index contributed by atoms with van der Waals surface area (Å²) in [4.78, 5) is 14.7. The van der Waals surface area contributed by atoms with Crippen LogP contribution in [0.1, 0.15) is 39.2 Å². The molecule has 156 valence electrons. The molecule has 2 heterocycles. The zero-order valence-electron chi connectivity index (χ0n) is 17.2. The number of furan rings is 1. The van der Waals surface area contributed by atoms with Gasteiger partial charge < -0.3 is 9.32 Å². The Morgan fingerprint density at radius 1 is 1.07 bits per heavy atom. The minimum Gasteiger partial charge on any atom is -0.459 e. The monoisotopic (exact) mass is 424 g/mol. The van der Waals surface area contributed by atoms with Crippen LogP contribution in [0.3, 0.4) is 0 Å². The highest BCUT2D eigenvalue weighted by Gasteiger charge is 2.26. The van der Waals surface area contributed by atoms with Crippen molar-refractivity contribution in [1.29, 1.82) is 0 Å². The van der Waals surface area contributed by atoms with Gasteiger partial charge in [-0.15, -0.1) is 0 Å². The van der Waals surface area contributed by atoms with Crippen molar-refractivity contribution in [2.75, 3.05) is 16.2 Å². The third kappa shape index (κ3) is 3.73. The normalized spacial score (nSPS) is 13.8. The number of nitrogens with zero attached hydrogens (tertiary/aromatic N) is 1. The largest absolute Gasteiger partial charge is 0.459 e. The number of nitrogens with one attached hydrogen (secondary N) is 1. The predicted octanol–water partition coefficient (Wildman–Crippen LogP) is 4.60. The molecule has 7 heteroatoms. The Morgan fingerprint density at radius 2 is 1.80 bits per heavy atom. The number of hydrogen-bond donors (Lipinski definition) is 1. The van der Waals surface area contributed by atoms with E-state index in [4.69, 9.17) is 4.42 Å². The Balaban J connectivity index is 1.64. The smallest absolute Gasteiger partial charge is 0.293 e. The molecule has 0 atom stereocenters. The Morgan fingerprint density at radius 3 is 2.47 bits per heavy atom. The molecule has 0 fully saturated rings. The second-order valence-electron chi connectivity index (χ2n) is 7.71. The summed E-state index contributed by atoms with van der Waals surface area (Å²) in [6.07, 6.45) is 3.05. The van der Waals surface area contributed by atoms with Crippen molar-refractivity contribution in [2.45, 2.75) is 38.5 Å². The van der Waals surface area contributed by atoms with Crippen LogP contribution in [0.2, 0.25) is 0 Å². The van der Waals surface area contributed by atoms with Crippen LogP contribution < -0.4 is 9.62 Å². The lowest BCUT2D eigenvalue weighted by Crippen LogP contribution is -2.35. The first-order valence-electron chi connectivity index (χ1n) is 9.85.